The molecule has 2 aromatic rings. The Morgan fingerprint density at radius 3 is 2.88 bits per heavy atom. The van der Waals surface area contributed by atoms with Crippen molar-refractivity contribution in [2.45, 2.75) is 0 Å². The van der Waals surface area contributed by atoms with Crippen molar-refractivity contribution >= 4 is 27.5 Å². The lowest BCUT2D eigenvalue weighted by molar-refractivity contribution is 0.102. The van der Waals surface area contributed by atoms with Gasteiger partial charge in [0, 0.05) is 39.2 Å². The van der Waals surface area contributed by atoms with E-state index in [0.29, 0.717) is 5.56 Å². The smallest absolute Gasteiger partial charge is 0.177 e. The summed E-state index contributed by atoms with van der Waals surface area (Å²) in [6, 6.07) is 7.49. The zero-order valence-corrected chi connectivity index (χ0v) is 10.00. The number of carbonyl (C=O) groups excluding carboxylic acids is 1. The van der Waals surface area contributed by atoms with E-state index in [-0.39, 0.29) is 23.9 Å². The van der Waals surface area contributed by atoms with Crippen LogP contribution in [-0.2, 0) is 10.8 Å². The molecule has 1 unspecified atom stereocenters. The van der Waals surface area contributed by atoms with Crippen LogP contribution in [0.1, 0.15) is 10.4 Å². The van der Waals surface area contributed by atoms with E-state index in [9.17, 15) is 9.00 Å². The molecule has 1 aromatic carbocycles. The first-order chi connectivity index (χ1) is 8.22. The molecule has 2 rings (SSSR count). The second-order valence-electron chi connectivity index (χ2n) is 3.68. The van der Waals surface area contributed by atoms with Crippen molar-refractivity contribution in [2.75, 3.05) is 18.1 Å². The molecule has 4 nitrogen and oxygen atoms in total. The molecule has 0 spiro atoms. The number of H-pyrrole nitrogens is 1. The van der Waals surface area contributed by atoms with Crippen molar-refractivity contribution in [1.82, 2.24) is 4.98 Å². The zero-order valence-electron chi connectivity index (χ0n) is 9.18. The second-order valence-corrected chi connectivity index (χ2v) is 5.26. The third-order valence-corrected chi connectivity index (χ3v) is 3.72. The number of aromatic amines is 1. The number of nitrogens with one attached hydrogen (secondary N) is 1. The van der Waals surface area contributed by atoms with Crippen LogP contribution in [0.3, 0.4) is 0 Å². The number of Topliss-reactive ketones (excluding diaryl/α,β-unsaturated/α-hetero) is 1. The Labute approximate surface area is 101 Å². The van der Waals surface area contributed by atoms with E-state index in [1.54, 1.807) is 6.20 Å². The molecule has 1 aromatic heterocycles. The average molecular weight is 251 g/mol. The van der Waals surface area contributed by atoms with Crippen LogP contribution in [0.15, 0.2) is 30.5 Å². The number of hydrogen-bond donors (Lipinski definition) is 2. The standard InChI is InChI=1S/C12H13NO3S/c14-5-6-17(16)8-12(15)10-7-13-11-4-2-1-3-9(10)11/h1-4,7,13-14H,5-6,8H2. The highest BCUT2D eigenvalue weighted by atomic mass is 32.2. The number of aromatic nitrogens is 1. The molecule has 90 valence electrons. The summed E-state index contributed by atoms with van der Waals surface area (Å²) in [7, 11) is -1.29. The third kappa shape index (κ3) is 2.62. The first kappa shape index (κ1) is 12.0. The van der Waals surface area contributed by atoms with E-state index in [1.807, 2.05) is 24.3 Å². The highest BCUT2D eigenvalue weighted by Crippen LogP contribution is 2.18. The van der Waals surface area contributed by atoms with Crippen LogP contribution < -0.4 is 0 Å². The molecule has 0 saturated carbocycles. The Hall–Kier alpha value is -1.46. The quantitative estimate of drug-likeness (QED) is 0.781. The maximum atomic E-state index is 11.9. The Morgan fingerprint density at radius 2 is 2.12 bits per heavy atom. The Kier molecular flexibility index (Phi) is 3.71. The van der Waals surface area contributed by atoms with Gasteiger partial charge in [0.25, 0.3) is 0 Å². The van der Waals surface area contributed by atoms with Crippen LogP contribution in [-0.4, -0.2) is 38.2 Å². The summed E-state index contributed by atoms with van der Waals surface area (Å²) >= 11 is 0. The normalized spacial score (nSPS) is 12.8. The lowest BCUT2D eigenvalue weighted by Gasteiger charge is -1.99. The highest BCUT2D eigenvalue weighted by Gasteiger charge is 2.14. The molecule has 0 amide bonds. The molecule has 0 aliphatic heterocycles. The number of para-hydroxylation sites is 1. The highest BCUT2D eigenvalue weighted by molar-refractivity contribution is 7.85. The number of fused-ring (bicyclic) bond motifs is 1. The molecule has 5 heteroatoms. The number of ketones is 1. The van der Waals surface area contributed by atoms with Gasteiger partial charge >= 0.3 is 0 Å². The van der Waals surface area contributed by atoms with Gasteiger partial charge in [-0.25, -0.2) is 0 Å². The molecule has 0 saturated heterocycles. The molecule has 0 aliphatic rings. The predicted molar refractivity (Wildman–Crippen MR) is 67.6 cm³/mol. The first-order valence-electron chi connectivity index (χ1n) is 5.27. The first-order valence-corrected chi connectivity index (χ1v) is 6.76. The molecule has 0 radical (unpaired) electrons. The van der Waals surface area contributed by atoms with Gasteiger partial charge in [-0.05, 0) is 6.07 Å². The monoisotopic (exact) mass is 251 g/mol. The van der Waals surface area contributed by atoms with E-state index in [1.165, 1.54) is 0 Å². The van der Waals surface area contributed by atoms with Crippen LogP contribution >= 0.6 is 0 Å². The molecular weight excluding hydrogens is 238 g/mol. The summed E-state index contributed by atoms with van der Waals surface area (Å²) in [5.41, 5.74) is 1.45. The number of aliphatic hydroxyl groups excluding tert-OH is 1. The predicted octanol–water partition coefficient (Wildman–Crippen LogP) is 1.09. The zero-order chi connectivity index (χ0) is 12.3. The van der Waals surface area contributed by atoms with E-state index in [4.69, 9.17) is 5.11 Å². The summed E-state index contributed by atoms with van der Waals surface area (Å²) in [6.45, 7) is -0.159. The van der Waals surface area contributed by atoms with Crippen LogP contribution in [0.5, 0.6) is 0 Å². The van der Waals surface area contributed by atoms with Gasteiger partial charge in [0.1, 0.15) is 0 Å². The minimum Gasteiger partial charge on any atom is -0.395 e. The van der Waals surface area contributed by atoms with E-state index >= 15 is 0 Å². The fourth-order valence-electron chi connectivity index (χ4n) is 1.70. The lowest BCUT2D eigenvalue weighted by Crippen LogP contribution is -2.14. The number of hydrogen-bond acceptors (Lipinski definition) is 3. The van der Waals surface area contributed by atoms with Crippen LogP contribution in [0.4, 0.5) is 0 Å². The third-order valence-electron chi connectivity index (χ3n) is 2.50. The van der Waals surface area contributed by atoms with Gasteiger partial charge in [0.15, 0.2) is 5.78 Å². The average Bonchev–Trinajstić information content (AvgIpc) is 2.72. The minimum atomic E-state index is -1.29. The van der Waals surface area contributed by atoms with Gasteiger partial charge in [0.05, 0.1) is 12.4 Å². The maximum absolute atomic E-state index is 11.9. The van der Waals surface area contributed by atoms with E-state index < -0.39 is 10.8 Å². The summed E-state index contributed by atoms with van der Waals surface area (Å²) in [5, 5.41) is 9.49. The van der Waals surface area contributed by atoms with Gasteiger partial charge in [-0.3, -0.25) is 9.00 Å². The maximum Gasteiger partial charge on any atom is 0.177 e. The molecule has 0 fully saturated rings. The second kappa shape index (κ2) is 5.25. The number of aliphatic hydroxyl groups is 1. The van der Waals surface area contributed by atoms with E-state index in [2.05, 4.69) is 4.98 Å². The molecule has 2 N–H and O–H groups in total. The summed E-state index contributed by atoms with van der Waals surface area (Å²) < 4.78 is 11.4. The molecule has 1 heterocycles. The summed E-state index contributed by atoms with van der Waals surface area (Å²) in [4.78, 5) is 14.9. The molecule has 17 heavy (non-hydrogen) atoms. The van der Waals surface area contributed by atoms with Crippen LogP contribution in [0.25, 0.3) is 10.9 Å². The van der Waals surface area contributed by atoms with Gasteiger partial charge in [-0.2, -0.15) is 0 Å². The van der Waals surface area contributed by atoms with Crippen molar-refractivity contribution in [3.63, 3.8) is 0 Å². The van der Waals surface area contributed by atoms with Crippen molar-refractivity contribution in [2.24, 2.45) is 0 Å². The van der Waals surface area contributed by atoms with Crippen molar-refractivity contribution in [3.8, 4) is 0 Å². The Bertz CT molecular complexity index is 562. The summed E-state index contributed by atoms with van der Waals surface area (Å²) in [6.07, 6.45) is 1.64. The molecular formula is C12H13NO3S. The molecule has 1 atom stereocenters. The molecule has 0 bridgehead atoms. The van der Waals surface area contributed by atoms with Crippen molar-refractivity contribution in [3.05, 3.63) is 36.0 Å². The number of rotatable bonds is 5. The molecule has 0 aliphatic carbocycles. The van der Waals surface area contributed by atoms with Gasteiger partial charge in [0.2, 0.25) is 0 Å². The van der Waals surface area contributed by atoms with E-state index in [0.717, 1.165) is 10.9 Å². The topological polar surface area (TPSA) is 70.2 Å². The van der Waals surface area contributed by atoms with Crippen molar-refractivity contribution < 1.29 is 14.1 Å². The van der Waals surface area contributed by atoms with Gasteiger partial charge in [-0.15, -0.1) is 0 Å². The largest absolute Gasteiger partial charge is 0.395 e. The van der Waals surface area contributed by atoms with Gasteiger partial charge in [-0.1, -0.05) is 18.2 Å². The van der Waals surface area contributed by atoms with Gasteiger partial charge < -0.3 is 10.1 Å². The minimum absolute atomic E-state index is 0.0393. The SMILES string of the molecule is O=C(CS(=O)CCO)c1c[nH]c2ccccc12. The Balaban J connectivity index is 2.22. The van der Waals surface area contributed by atoms with Crippen LogP contribution in [0, 0.1) is 0 Å². The Morgan fingerprint density at radius 1 is 1.35 bits per heavy atom. The fraction of sp³-hybridized carbons (Fsp3) is 0.250. The lowest BCUT2D eigenvalue weighted by atomic mass is 10.1. The fourth-order valence-corrected chi connectivity index (χ4v) is 2.50. The van der Waals surface area contributed by atoms with Crippen LogP contribution in [0.2, 0.25) is 0 Å². The number of benzene rings is 1. The number of carbonyl (C=O) groups is 1. The van der Waals surface area contributed by atoms with Crippen molar-refractivity contribution in [1.29, 1.82) is 0 Å². The summed E-state index contributed by atoms with van der Waals surface area (Å²) in [5.74, 6) is -0.0505.